The van der Waals surface area contributed by atoms with Crippen LogP contribution in [-0.4, -0.2) is 38.3 Å². The van der Waals surface area contributed by atoms with Crippen molar-refractivity contribution in [3.8, 4) is 17.1 Å². The fourth-order valence-corrected chi connectivity index (χ4v) is 3.34. The Labute approximate surface area is 160 Å². The molecule has 144 valence electrons. The third-order valence-electron chi connectivity index (χ3n) is 5.00. The van der Waals surface area contributed by atoms with E-state index in [2.05, 4.69) is 25.8 Å². The Balaban J connectivity index is 2.20. The monoisotopic (exact) mass is 368 g/mol. The predicted octanol–water partition coefficient (Wildman–Crippen LogP) is 4.19. The molecular formula is C21H28N4O2. The van der Waals surface area contributed by atoms with Gasteiger partial charge in [-0.15, -0.1) is 0 Å². The Morgan fingerprint density at radius 1 is 1.15 bits per heavy atom. The normalized spacial score (nSPS) is 12.7. The summed E-state index contributed by atoms with van der Waals surface area (Å²) < 4.78 is 7.58. The first-order valence-electron chi connectivity index (χ1n) is 9.43. The average Bonchev–Trinajstić information content (AvgIpc) is 2.97. The minimum absolute atomic E-state index is 0.00211. The lowest BCUT2D eigenvalue weighted by molar-refractivity contribution is 0.227. The highest BCUT2D eigenvalue weighted by atomic mass is 16.5. The fourth-order valence-electron chi connectivity index (χ4n) is 3.34. The van der Waals surface area contributed by atoms with Gasteiger partial charge in [0.05, 0.1) is 36.7 Å². The van der Waals surface area contributed by atoms with Gasteiger partial charge in [-0.05, 0) is 43.9 Å². The van der Waals surface area contributed by atoms with Crippen LogP contribution in [0.15, 0.2) is 18.3 Å². The molecule has 6 heteroatoms. The summed E-state index contributed by atoms with van der Waals surface area (Å²) >= 11 is 0. The number of hydrogen-bond acceptors (Lipinski definition) is 5. The molecule has 0 unspecified atom stereocenters. The summed E-state index contributed by atoms with van der Waals surface area (Å²) in [5.74, 6) is 0.889. The minimum Gasteiger partial charge on any atom is -0.480 e. The molecule has 0 amide bonds. The van der Waals surface area contributed by atoms with Crippen molar-refractivity contribution in [2.45, 2.75) is 53.0 Å². The van der Waals surface area contributed by atoms with Crippen LogP contribution >= 0.6 is 0 Å². The second-order valence-electron chi connectivity index (χ2n) is 7.24. The summed E-state index contributed by atoms with van der Waals surface area (Å²) in [5, 5.41) is 9.70. The molecule has 3 aromatic heterocycles. The van der Waals surface area contributed by atoms with E-state index in [1.54, 1.807) is 7.11 Å². The lowest BCUT2D eigenvalue weighted by Crippen LogP contribution is -2.12. The molecule has 0 fully saturated rings. The molecule has 0 bridgehead atoms. The molecule has 27 heavy (non-hydrogen) atoms. The van der Waals surface area contributed by atoms with Crippen LogP contribution in [0.4, 0.5) is 0 Å². The van der Waals surface area contributed by atoms with E-state index in [1.807, 2.05) is 36.7 Å². The average molecular weight is 368 g/mol. The van der Waals surface area contributed by atoms with Gasteiger partial charge in [-0.3, -0.25) is 0 Å². The molecule has 0 aliphatic heterocycles. The van der Waals surface area contributed by atoms with Gasteiger partial charge in [0, 0.05) is 11.9 Å². The van der Waals surface area contributed by atoms with E-state index in [0.29, 0.717) is 11.8 Å². The SMILES string of the molecule is CC[C@@H](CO)n1cc(C)c2nc(-c3ccc(C(C)C)nc3OC)c(C)nc21. The van der Waals surface area contributed by atoms with Gasteiger partial charge >= 0.3 is 0 Å². The van der Waals surface area contributed by atoms with Crippen LogP contribution in [0.2, 0.25) is 0 Å². The number of rotatable bonds is 6. The number of aliphatic hydroxyl groups excluding tert-OH is 1. The van der Waals surface area contributed by atoms with Crippen molar-refractivity contribution < 1.29 is 9.84 Å². The van der Waals surface area contributed by atoms with E-state index < -0.39 is 0 Å². The topological polar surface area (TPSA) is 73.1 Å². The summed E-state index contributed by atoms with van der Waals surface area (Å²) in [4.78, 5) is 14.4. The van der Waals surface area contributed by atoms with Crippen LogP contribution < -0.4 is 4.74 Å². The first-order chi connectivity index (χ1) is 12.9. The molecule has 1 atom stereocenters. The smallest absolute Gasteiger partial charge is 0.222 e. The largest absolute Gasteiger partial charge is 0.480 e. The summed E-state index contributed by atoms with van der Waals surface area (Å²) in [5.41, 5.74) is 6.11. The fraction of sp³-hybridized carbons (Fsp3) is 0.476. The summed E-state index contributed by atoms with van der Waals surface area (Å²) in [6.45, 7) is 10.3. The van der Waals surface area contributed by atoms with E-state index in [4.69, 9.17) is 14.7 Å². The maximum atomic E-state index is 9.70. The molecule has 6 nitrogen and oxygen atoms in total. The molecule has 3 heterocycles. The number of ether oxygens (including phenoxy) is 1. The van der Waals surface area contributed by atoms with Crippen LogP contribution in [0.1, 0.15) is 56.1 Å². The Morgan fingerprint density at radius 2 is 1.89 bits per heavy atom. The molecule has 0 aliphatic rings. The van der Waals surface area contributed by atoms with Crippen molar-refractivity contribution >= 4 is 11.2 Å². The van der Waals surface area contributed by atoms with Gasteiger partial charge in [0.15, 0.2) is 5.65 Å². The van der Waals surface area contributed by atoms with Crippen molar-refractivity contribution in [2.24, 2.45) is 0 Å². The van der Waals surface area contributed by atoms with Crippen molar-refractivity contribution in [3.63, 3.8) is 0 Å². The molecular weight excluding hydrogens is 340 g/mol. The number of aliphatic hydroxyl groups is 1. The van der Waals surface area contributed by atoms with Gasteiger partial charge in [-0.2, -0.15) is 0 Å². The highest BCUT2D eigenvalue weighted by Gasteiger charge is 2.20. The Morgan fingerprint density at radius 3 is 2.48 bits per heavy atom. The molecule has 0 aliphatic carbocycles. The first-order valence-corrected chi connectivity index (χ1v) is 9.43. The second-order valence-corrected chi connectivity index (χ2v) is 7.24. The lowest BCUT2D eigenvalue weighted by Gasteiger charge is -2.16. The van der Waals surface area contributed by atoms with E-state index in [-0.39, 0.29) is 12.6 Å². The van der Waals surface area contributed by atoms with E-state index >= 15 is 0 Å². The van der Waals surface area contributed by atoms with Crippen LogP contribution in [0.5, 0.6) is 5.88 Å². The zero-order valence-electron chi connectivity index (χ0n) is 16.9. The molecule has 1 N–H and O–H groups in total. The van der Waals surface area contributed by atoms with Crippen molar-refractivity contribution in [2.75, 3.05) is 13.7 Å². The third kappa shape index (κ3) is 3.41. The van der Waals surface area contributed by atoms with Gasteiger partial charge in [0.25, 0.3) is 0 Å². The molecule has 0 aromatic carbocycles. The summed E-state index contributed by atoms with van der Waals surface area (Å²) in [6, 6.07) is 4.03. The zero-order chi connectivity index (χ0) is 19.7. The third-order valence-corrected chi connectivity index (χ3v) is 5.00. The molecule has 0 saturated heterocycles. The summed E-state index contributed by atoms with van der Waals surface area (Å²) in [6.07, 6.45) is 2.85. The Hall–Kier alpha value is -2.47. The number of nitrogens with zero attached hydrogens (tertiary/aromatic N) is 4. The van der Waals surface area contributed by atoms with Gasteiger partial charge in [-0.25, -0.2) is 15.0 Å². The maximum Gasteiger partial charge on any atom is 0.222 e. The number of methoxy groups -OCH3 is 1. The van der Waals surface area contributed by atoms with Gasteiger partial charge in [0.1, 0.15) is 5.52 Å². The quantitative estimate of drug-likeness (QED) is 0.706. The first kappa shape index (κ1) is 19.3. The molecule has 0 spiro atoms. The lowest BCUT2D eigenvalue weighted by atomic mass is 10.1. The summed E-state index contributed by atoms with van der Waals surface area (Å²) in [7, 11) is 1.63. The highest BCUT2D eigenvalue weighted by molar-refractivity contribution is 5.80. The Bertz CT molecular complexity index is 958. The van der Waals surface area contributed by atoms with Crippen LogP contribution in [0, 0.1) is 13.8 Å². The standard InChI is InChI=1S/C21H28N4O2/c1-7-15(11-26)25-10-13(4)18-20(25)22-14(5)19(24-18)16-8-9-17(12(2)3)23-21(16)27-6/h8-10,12,15,26H,7,11H2,1-6H3/t15-/m0/s1. The van der Waals surface area contributed by atoms with Crippen LogP contribution in [0.25, 0.3) is 22.4 Å². The minimum atomic E-state index is 0.00211. The van der Waals surface area contributed by atoms with Crippen molar-refractivity contribution in [1.82, 2.24) is 19.5 Å². The van der Waals surface area contributed by atoms with E-state index in [0.717, 1.165) is 45.8 Å². The highest BCUT2D eigenvalue weighted by Crippen LogP contribution is 2.33. The van der Waals surface area contributed by atoms with Crippen molar-refractivity contribution in [3.05, 3.63) is 35.3 Å². The predicted molar refractivity (Wildman–Crippen MR) is 107 cm³/mol. The molecule has 0 radical (unpaired) electrons. The van der Waals surface area contributed by atoms with Gasteiger partial charge < -0.3 is 14.4 Å². The van der Waals surface area contributed by atoms with E-state index in [1.165, 1.54) is 0 Å². The van der Waals surface area contributed by atoms with Crippen LogP contribution in [-0.2, 0) is 0 Å². The number of aryl methyl sites for hydroxylation is 2. The second kappa shape index (κ2) is 7.64. The van der Waals surface area contributed by atoms with Gasteiger partial charge in [-0.1, -0.05) is 20.8 Å². The maximum absolute atomic E-state index is 9.70. The number of aromatic nitrogens is 4. The molecule has 3 aromatic rings. The number of pyridine rings is 1. The van der Waals surface area contributed by atoms with E-state index in [9.17, 15) is 5.11 Å². The molecule has 0 saturated carbocycles. The Kier molecular flexibility index (Phi) is 5.46. The number of fused-ring (bicyclic) bond motifs is 1. The van der Waals surface area contributed by atoms with Gasteiger partial charge in [0.2, 0.25) is 5.88 Å². The number of hydrogen-bond donors (Lipinski definition) is 1. The van der Waals surface area contributed by atoms with Crippen LogP contribution in [0.3, 0.4) is 0 Å². The zero-order valence-corrected chi connectivity index (χ0v) is 16.9. The molecule has 3 rings (SSSR count). The van der Waals surface area contributed by atoms with Crippen molar-refractivity contribution in [1.29, 1.82) is 0 Å².